The van der Waals surface area contributed by atoms with Gasteiger partial charge < -0.3 is 42.6 Å². The number of likely N-dealkylation sites (tertiary alicyclic amines) is 2. The number of nitrogens with zero attached hydrogens (tertiary/aromatic N) is 2. The number of hydrogen-bond acceptors (Lipinski definition) is 13. The average Bonchev–Trinajstić information content (AvgIpc) is 3.64. The molecule has 12 rings (SSSR count). The molecule has 0 spiro atoms. The van der Waals surface area contributed by atoms with Crippen LogP contribution < -0.4 is 42.6 Å². The molecule has 6 aromatic carbocycles. The van der Waals surface area contributed by atoms with Crippen LogP contribution in [0.5, 0.6) is 57.5 Å². The fourth-order valence-electron chi connectivity index (χ4n) is 12.2. The van der Waals surface area contributed by atoms with E-state index in [-0.39, 0.29) is 25.2 Å². The Kier molecular flexibility index (Phi) is 15.1. The zero-order chi connectivity index (χ0) is 57.7. The Balaban J connectivity index is 0.876. The minimum atomic E-state index is -1.03. The van der Waals surface area contributed by atoms with Gasteiger partial charge in [0.05, 0.1) is 10.8 Å². The summed E-state index contributed by atoms with van der Waals surface area (Å²) in [4.78, 5) is 31.0. The first-order valence-corrected chi connectivity index (χ1v) is 29.6. The summed E-state index contributed by atoms with van der Waals surface area (Å²) < 4.78 is 59.3. The van der Waals surface area contributed by atoms with E-state index in [2.05, 4.69) is 47.9 Å². The summed E-state index contributed by atoms with van der Waals surface area (Å²) in [6.45, 7) is 23.0. The van der Waals surface area contributed by atoms with Crippen molar-refractivity contribution in [1.29, 1.82) is 0 Å². The van der Waals surface area contributed by atoms with Crippen LogP contribution in [0.3, 0.4) is 0 Å². The molecule has 6 aliphatic rings. The van der Waals surface area contributed by atoms with Gasteiger partial charge in [-0.3, -0.25) is 19.4 Å². The number of benzene rings is 6. The van der Waals surface area contributed by atoms with Gasteiger partial charge in [0, 0.05) is 93.0 Å². The van der Waals surface area contributed by atoms with Gasteiger partial charge >= 0.3 is 11.9 Å². The standard InChI is InChI=1S/C70H76N2O11/c1-67(2,3)65(73)80-51-23-27-55-59(39-51)77-43-57-53-25-21-49(41-61(53)82-69(7,63(55)57)45-17-15-19-47(37-45)75-35-33-71-29-11-9-12-30-71)79-50-22-26-54-58-44-78-60-40-52(81-66(74)68(4,5)6)24-28-56(60)64(58)70(8,83-62(54)42-50)46-18-16-20-48(38-46)76-36-34-72-31-13-10-14-32-72/h15-28,37-42H,9-14,29-36,43-44H2,1-8H3. The number of carbonyl (C=O) groups excluding carboxylic acids is 2. The van der Waals surface area contributed by atoms with Crippen LogP contribution in [0.1, 0.15) is 127 Å². The van der Waals surface area contributed by atoms with Gasteiger partial charge in [0.2, 0.25) is 0 Å². The van der Waals surface area contributed by atoms with Crippen LogP contribution in [-0.2, 0) is 20.8 Å². The van der Waals surface area contributed by atoms with Crippen LogP contribution in [0.4, 0.5) is 0 Å². The zero-order valence-electron chi connectivity index (χ0n) is 49.2. The van der Waals surface area contributed by atoms with Crippen molar-refractivity contribution in [1.82, 2.24) is 9.80 Å². The van der Waals surface area contributed by atoms with Crippen molar-refractivity contribution in [2.45, 2.75) is 105 Å². The molecule has 6 aromatic rings. The van der Waals surface area contributed by atoms with Crippen molar-refractivity contribution < 1.29 is 52.2 Å². The second-order valence-electron chi connectivity index (χ2n) is 25.1. The van der Waals surface area contributed by atoms with Crippen molar-refractivity contribution in [3.8, 4) is 57.5 Å². The minimum absolute atomic E-state index is 0.254. The van der Waals surface area contributed by atoms with E-state index in [1.54, 1.807) is 12.1 Å². The number of rotatable bonds is 14. The molecule has 2 unspecified atom stereocenters. The number of hydrogen-bond donors (Lipinski definition) is 0. The molecule has 13 heteroatoms. The van der Waals surface area contributed by atoms with Crippen molar-refractivity contribution in [2.75, 3.05) is 65.7 Å². The molecular weight excluding hydrogens is 1040 g/mol. The van der Waals surface area contributed by atoms with Crippen LogP contribution in [0, 0.1) is 10.8 Å². The highest BCUT2D eigenvalue weighted by Crippen LogP contribution is 2.57. The molecule has 0 aliphatic carbocycles. The number of fused-ring (bicyclic) bond motifs is 8. The fraction of sp³-hybridized carbons (Fsp3) is 0.400. The molecule has 0 bridgehead atoms. The third-order valence-electron chi connectivity index (χ3n) is 16.8. The van der Waals surface area contributed by atoms with E-state index in [4.69, 9.17) is 42.6 Å². The van der Waals surface area contributed by atoms with Gasteiger partial charge in [-0.1, -0.05) is 37.1 Å². The maximum atomic E-state index is 13.0. The second kappa shape index (κ2) is 22.4. The maximum Gasteiger partial charge on any atom is 0.316 e. The van der Waals surface area contributed by atoms with Gasteiger partial charge in [-0.2, -0.15) is 0 Å². The molecule has 6 aliphatic heterocycles. The molecule has 2 saturated heterocycles. The number of ether oxygens (including phenoxy) is 9. The first-order chi connectivity index (χ1) is 39.9. The lowest BCUT2D eigenvalue weighted by molar-refractivity contribution is -0.143. The highest BCUT2D eigenvalue weighted by atomic mass is 16.5. The monoisotopic (exact) mass is 1120 g/mol. The van der Waals surface area contributed by atoms with Gasteiger partial charge in [-0.05, 0) is 180 Å². The smallest absolute Gasteiger partial charge is 0.316 e. The van der Waals surface area contributed by atoms with E-state index in [0.717, 1.165) is 106 Å². The second-order valence-corrected chi connectivity index (χ2v) is 25.1. The largest absolute Gasteiger partial charge is 0.492 e. The third kappa shape index (κ3) is 11.4. The molecule has 0 saturated carbocycles. The normalized spacial score (nSPS) is 20.3. The third-order valence-corrected chi connectivity index (χ3v) is 16.8. The molecule has 0 N–H and O–H groups in total. The summed E-state index contributed by atoms with van der Waals surface area (Å²) in [5, 5.41) is 0. The van der Waals surface area contributed by atoms with Crippen LogP contribution in [0.2, 0.25) is 0 Å². The predicted octanol–water partition coefficient (Wildman–Crippen LogP) is 14.3. The Morgan fingerprint density at radius 2 is 0.843 bits per heavy atom. The Bertz CT molecular complexity index is 3310. The lowest BCUT2D eigenvalue weighted by Crippen LogP contribution is -2.37. The summed E-state index contributed by atoms with van der Waals surface area (Å²) >= 11 is 0. The summed E-state index contributed by atoms with van der Waals surface area (Å²) in [7, 11) is 0. The lowest BCUT2D eigenvalue weighted by Gasteiger charge is -2.42. The number of esters is 2. The van der Waals surface area contributed by atoms with Gasteiger partial charge in [0.15, 0.2) is 11.2 Å². The van der Waals surface area contributed by atoms with E-state index in [9.17, 15) is 9.59 Å². The molecule has 432 valence electrons. The molecular formula is C70H76N2O11. The van der Waals surface area contributed by atoms with Gasteiger partial charge in [0.25, 0.3) is 0 Å². The first kappa shape index (κ1) is 55.8. The van der Waals surface area contributed by atoms with E-state index in [1.165, 1.54) is 38.5 Å². The van der Waals surface area contributed by atoms with Crippen LogP contribution in [0.15, 0.2) is 121 Å². The summed E-state index contributed by atoms with van der Waals surface area (Å²) in [5.74, 6) is 5.30. The van der Waals surface area contributed by atoms with E-state index < -0.39 is 22.0 Å². The van der Waals surface area contributed by atoms with Crippen molar-refractivity contribution in [2.24, 2.45) is 10.8 Å². The molecule has 13 nitrogen and oxygen atoms in total. The van der Waals surface area contributed by atoms with Crippen molar-refractivity contribution in [3.63, 3.8) is 0 Å². The van der Waals surface area contributed by atoms with E-state index in [1.807, 2.05) is 126 Å². The Morgan fingerprint density at radius 3 is 1.25 bits per heavy atom. The summed E-state index contributed by atoms with van der Waals surface area (Å²) in [6, 6.07) is 39.4. The predicted molar refractivity (Wildman–Crippen MR) is 321 cm³/mol. The van der Waals surface area contributed by atoms with Gasteiger partial charge in [0.1, 0.15) is 83.9 Å². The first-order valence-electron chi connectivity index (χ1n) is 29.6. The SMILES string of the molecule is CC(C)(C)C(=O)Oc1ccc2c(c1)OCC1=C2C(C)(c2cccc(OCCN3CCCCC3)c2)Oc2cc(Oc3ccc4c(c3)OC(C)(c3cccc(OCCN5CCCCC5)c3)C3=C4COc4cc(OC(=O)C(C)(C)C)ccc43)ccc21. The van der Waals surface area contributed by atoms with Crippen molar-refractivity contribution >= 4 is 34.2 Å². The summed E-state index contributed by atoms with van der Waals surface area (Å²) in [5.41, 5.74) is 5.71. The zero-order valence-corrected chi connectivity index (χ0v) is 49.2. The molecule has 2 atom stereocenters. The topological polar surface area (TPSA) is 124 Å². The van der Waals surface area contributed by atoms with E-state index >= 15 is 0 Å². The molecule has 0 amide bonds. The van der Waals surface area contributed by atoms with Crippen LogP contribution in [0.25, 0.3) is 22.3 Å². The quantitative estimate of drug-likeness (QED) is 0.0760. The highest BCUT2D eigenvalue weighted by Gasteiger charge is 2.47. The molecule has 0 aromatic heterocycles. The average molecular weight is 1120 g/mol. The molecule has 0 radical (unpaired) electrons. The van der Waals surface area contributed by atoms with Crippen molar-refractivity contribution in [3.05, 3.63) is 155 Å². The molecule has 83 heavy (non-hydrogen) atoms. The van der Waals surface area contributed by atoms with E-state index in [0.29, 0.717) is 59.2 Å². The van der Waals surface area contributed by atoms with Crippen LogP contribution >= 0.6 is 0 Å². The number of carbonyl (C=O) groups is 2. The van der Waals surface area contributed by atoms with Gasteiger partial charge in [-0.15, -0.1) is 0 Å². The lowest BCUT2D eigenvalue weighted by atomic mass is 9.76. The Labute approximate surface area is 488 Å². The minimum Gasteiger partial charge on any atom is -0.492 e. The summed E-state index contributed by atoms with van der Waals surface area (Å²) in [6.07, 6.45) is 7.47. The highest BCUT2D eigenvalue weighted by molar-refractivity contribution is 6.02. The molecule has 2 fully saturated rings. The Morgan fingerprint density at radius 1 is 0.458 bits per heavy atom. The Hall–Kier alpha value is -7.74. The van der Waals surface area contributed by atoms with Crippen LogP contribution in [-0.4, -0.2) is 87.4 Å². The fourth-order valence-corrected chi connectivity index (χ4v) is 12.2. The van der Waals surface area contributed by atoms with Gasteiger partial charge in [-0.25, -0.2) is 0 Å². The number of piperidine rings is 2. The molecule has 6 heterocycles. The maximum absolute atomic E-state index is 13.0.